The van der Waals surface area contributed by atoms with Crippen molar-refractivity contribution in [1.82, 2.24) is 15.0 Å². The number of pyridine rings is 1. The maximum atomic E-state index is 9.36. The van der Waals surface area contributed by atoms with Crippen LogP contribution in [0.4, 0.5) is 5.95 Å². The van der Waals surface area contributed by atoms with Crippen LogP contribution in [0.3, 0.4) is 0 Å². The highest BCUT2D eigenvalue weighted by molar-refractivity contribution is 7.18. The molecule has 7 nitrogen and oxygen atoms in total. The van der Waals surface area contributed by atoms with E-state index in [0.717, 1.165) is 21.6 Å². The summed E-state index contributed by atoms with van der Waals surface area (Å²) in [5.74, 6) is 0.157. The summed E-state index contributed by atoms with van der Waals surface area (Å²) in [6.07, 6.45) is 3.25. The minimum absolute atomic E-state index is 0.157. The largest absolute Gasteiger partial charge is 0.410 e. The first-order valence-electron chi connectivity index (χ1n) is 7.47. The normalized spacial score (nSPS) is 10.4. The van der Waals surface area contributed by atoms with Gasteiger partial charge in [0.2, 0.25) is 5.95 Å². The molecule has 0 radical (unpaired) electrons. The molecular weight excluding hydrogens is 336 g/mol. The van der Waals surface area contributed by atoms with Crippen LogP contribution >= 0.6 is 11.3 Å². The van der Waals surface area contributed by atoms with Crippen LogP contribution in [-0.4, -0.2) is 32.4 Å². The highest BCUT2D eigenvalue weighted by Gasteiger charge is 2.16. The van der Waals surface area contributed by atoms with Crippen LogP contribution in [0.1, 0.15) is 23.1 Å². The number of thiophene rings is 1. The molecule has 0 unspecified atom stereocenters. The summed E-state index contributed by atoms with van der Waals surface area (Å²) in [6.45, 7) is 10.6. The fourth-order valence-corrected chi connectivity index (χ4v) is 2.88. The zero-order valence-corrected chi connectivity index (χ0v) is 15.1. The average Bonchev–Trinajstić information content (AvgIpc) is 2.99. The van der Waals surface area contributed by atoms with Gasteiger partial charge in [-0.2, -0.15) is 0 Å². The number of hydrogen-bond acceptors (Lipinski definition) is 8. The summed E-state index contributed by atoms with van der Waals surface area (Å²) in [5.41, 5.74) is 12.2. The Morgan fingerprint density at radius 1 is 1.28 bits per heavy atom. The quantitative estimate of drug-likeness (QED) is 0.280. The molecule has 0 saturated carbocycles. The Kier molecular flexibility index (Phi) is 8.17. The van der Waals surface area contributed by atoms with Crippen molar-refractivity contribution in [2.75, 3.05) is 12.3 Å². The molecular formula is C17H22N6OS. The molecule has 0 amide bonds. The number of aryl methyl sites for hydroxylation is 1. The van der Waals surface area contributed by atoms with E-state index in [0.29, 0.717) is 17.0 Å². The van der Waals surface area contributed by atoms with E-state index in [1.165, 1.54) is 11.3 Å². The molecule has 3 rings (SSSR count). The average molecular weight is 358 g/mol. The van der Waals surface area contributed by atoms with Crippen LogP contribution in [0.25, 0.3) is 10.2 Å². The van der Waals surface area contributed by atoms with Gasteiger partial charge < -0.3 is 16.7 Å². The van der Waals surface area contributed by atoms with Gasteiger partial charge in [-0.1, -0.05) is 12.1 Å². The van der Waals surface area contributed by atoms with Crippen molar-refractivity contribution in [3.05, 3.63) is 59.9 Å². The lowest BCUT2D eigenvalue weighted by Gasteiger charge is -2.05. The first-order chi connectivity index (χ1) is 12.1. The molecule has 0 aliphatic rings. The summed E-state index contributed by atoms with van der Waals surface area (Å²) in [7, 11) is 0. The zero-order valence-electron chi connectivity index (χ0n) is 14.3. The molecule has 0 atom stereocenters. The Hall–Kier alpha value is -2.84. The molecule has 5 N–H and O–H groups in total. The van der Waals surface area contributed by atoms with Crippen LogP contribution in [0.15, 0.2) is 48.9 Å². The predicted molar refractivity (Wildman–Crippen MR) is 104 cm³/mol. The van der Waals surface area contributed by atoms with E-state index in [2.05, 4.69) is 33.3 Å². The second-order valence-corrected chi connectivity index (χ2v) is 5.83. The van der Waals surface area contributed by atoms with Gasteiger partial charge in [0.15, 0.2) is 0 Å². The summed E-state index contributed by atoms with van der Waals surface area (Å²) in [4.78, 5) is 14.2. The van der Waals surface area contributed by atoms with Crippen molar-refractivity contribution in [1.29, 1.82) is 0 Å². The summed E-state index contributed by atoms with van der Waals surface area (Å²) in [6, 6.07) is 5.46. The molecule has 3 aromatic heterocycles. The lowest BCUT2D eigenvalue weighted by molar-refractivity contribution is 0.319. The number of nitrogen functional groups attached to an aromatic ring is 1. The molecule has 0 bridgehead atoms. The van der Waals surface area contributed by atoms with Gasteiger partial charge in [-0.15, -0.1) is 24.5 Å². The van der Waals surface area contributed by atoms with Gasteiger partial charge in [-0.05, 0) is 31.7 Å². The number of anilines is 1. The predicted octanol–water partition coefficient (Wildman–Crippen LogP) is 2.97. The van der Waals surface area contributed by atoms with Gasteiger partial charge in [0.25, 0.3) is 0 Å². The van der Waals surface area contributed by atoms with Crippen LogP contribution < -0.4 is 11.5 Å². The fourth-order valence-electron chi connectivity index (χ4n) is 1.99. The molecule has 0 aliphatic carbocycles. The van der Waals surface area contributed by atoms with Crippen LogP contribution in [0, 0.1) is 6.92 Å². The molecule has 0 aromatic carbocycles. The number of rotatable bonds is 2. The number of aromatic nitrogens is 3. The third-order valence-electron chi connectivity index (χ3n) is 2.81. The van der Waals surface area contributed by atoms with E-state index < -0.39 is 0 Å². The zero-order chi connectivity index (χ0) is 18.8. The molecule has 0 saturated heterocycles. The van der Waals surface area contributed by atoms with Crippen molar-refractivity contribution in [3.8, 4) is 0 Å². The van der Waals surface area contributed by atoms with Gasteiger partial charge in [0.05, 0.1) is 0 Å². The Labute approximate surface area is 150 Å². The Bertz CT molecular complexity index is 832. The summed E-state index contributed by atoms with van der Waals surface area (Å²) in [5, 5.41) is 13.6. The summed E-state index contributed by atoms with van der Waals surface area (Å²) < 4.78 is 0. The molecule has 0 spiro atoms. The first kappa shape index (κ1) is 20.2. The molecule has 0 fully saturated rings. The molecule has 3 aromatic rings. The van der Waals surface area contributed by atoms with Crippen LogP contribution in [0.2, 0.25) is 0 Å². The molecule has 132 valence electrons. The van der Waals surface area contributed by atoms with E-state index in [1.54, 1.807) is 24.5 Å². The number of oxime groups is 1. The minimum atomic E-state index is 0.157. The number of hydrogen-bond donors (Lipinski definition) is 3. The second-order valence-electron chi connectivity index (χ2n) is 4.60. The maximum absolute atomic E-state index is 9.36. The topological polar surface area (TPSA) is 123 Å². The van der Waals surface area contributed by atoms with Crippen molar-refractivity contribution in [2.45, 2.75) is 13.8 Å². The van der Waals surface area contributed by atoms with Crippen LogP contribution in [-0.2, 0) is 0 Å². The van der Waals surface area contributed by atoms with E-state index in [4.69, 9.17) is 11.5 Å². The first-order valence-corrected chi connectivity index (χ1v) is 8.28. The Morgan fingerprint density at radius 3 is 2.44 bits per heavy atom. The standard InChI is InChI=1S/C13H11N5OS.C2H7N.C2H4/c1-7-6-9-11(16-13(14)17-12(9)20-7)10(18-19)8-2-4-15-5-3-8;1-2-3;1-2/h2-6,19H,1H3,(H2,14,16,17);2-3H2,1H3;1-2H2/b18-10+;;. The third kappa shape index (κ3) is 5.07. The lowest BCUT2D eigenvalue weighted by Crippen LogP contribution is -2.09. The highest BCUT2D eigenvalue weighted by atomic mass is 32.1. The van der Waals surface area contributed by atoms with Crippen molar-refractivity contribution < 1.29 is 5.21 Å². The molecule has 0 aliphatic heterocycles. The number of nitrogens with zero attached hydrogens (tertiary/aromatic N) is 4. The number of fused-ring (bicyclic) bond motifs is 1. The van der Waals surface area contributed by atoms with Crippen molar-refractivity contribution in [2.24, 2.45) is 10.9 Å². The lowest BCUT2D eigenvalue weighted by atomic mass is 10.1. The smallest absolute Gasteiger partial charge is 0.222 e. The second kappa shape index (κ2) is 10.1. The van der Waals surface area contributed by atoms with Gasteiger partial charge in [-0.3, -0.25) is 4.98 Å². The third-order valence-corrected chi connectivity index (χ3v) is 3.76. The SMILES string of the molecule is C=C.CCN.Cc1cc2c(/C(=N/O)c3ccncc3)nc(N)nc2s1. The maximum Gasteiger partial charge on any atom is 0.222 e. The van der Waals surface area contributed by atoms with Crippen LogP contribution in [0.5, 0.6) is 0 Å². The van der Waals surface area contributed by atoms with Crippen molar-refractivity contribution in [3.63, 3.8) is 0 Å². The van der Waals surface area contributed by atoms with Crippen molar-refractivity contribution >= 4 is 33.2 Å². The van der Waals surface area contributed by atoms with Gasteiger partial charge in [0, 0.05) is 28.2 Å². The van der Waals surface area contributed by atoms with Gasteiger partial charge >= 0.3 is 0 Å². The minimum Gasteiger partial charge on any atom is -0.410 e. The van der Waals surface area contributed by atoms with E-state index in [1.807, 2.05) is 19.9 Å². The highest BCUT2D eigenvalue weighted by Crippen LogP contribution is 2.27. The number of nitrogens with two attached hydrogens (primary N) is 2. The van der Waals surface area contributed by atoms with Gasteiger partial charge in [-0.25, -0.2) is 9.97 Å². The molecule has 25 heavy (non-hydrogen) atoms. The fraction of sp³-hybridized carbons (Fsp3) is 0.176. The Morgan fingerprint density at radius 2 is 1.88 bits per heavy atom. The van der Waals surface area contributed by atoms with E-state index >= 15 is 0 Å². The monoisotopic (exact) mass is 358 g/mol. The summed E-state index contributed by atoms with van der Waals surface area (Å²) >= 11 is 1.52. The molecule has 8 heteroatoms. The van der Waals surface area contributed by atoms with E-state index in [9.17, 15) is 5.21 Å². The van der Waals surface area contributed by atoms with Gasteiger partial charge in [0.1, 0.15) is 16.2 Å². The Balaban J connectivity index is 0.000000567. The molecule has 3 heterocycles. The van der Waals surface area contributed by atoms with E-state index in [-0.39, 0.29) is 5.95 Å².